The first-order valence-corrected chi connectivity index (χ1v) is 5.68. The number of aryl methyl sites for hydroxylation is 1. The summed E-state index contributed by atoms with van der Waals surface area (Å²) in [7, 11) is 0. The highest BCUT2D eigenvalue weighted by Crippen LogP contribution is 2.13. The van der Waals surface area contributed by atoms with E-state index in [2.05, 4.69) is 10.1 Å². The molecule has 0 aliphatic rings. The van der Waals surface area contributed by atoms with E-state index in [4.69, 9.17) is 11.6 Å². The minimum atomic E-state index is 0.481. The molecule has 0 radical (unpaired) electrons. The van der Waals surface area contributed by atoms with E-state index < -0.39 is 0 Å². The van der Waals surface area contributed by atoms with Crippen molar-refractivity contribution >= 4 is 22.9 Å². The van der Waals surface area contributed by atoms with Gasteiger partial charge < -0.3 is 0 Å². The predicted molar refractivity (Wildman–Crippen MR) is 57.7 cm³/mol. The van der Waals surface area contributed by atoms with Crippen LogP contribution in [0.25, 0.3) is 0 Å². The van der Waals surface area contributed by atoms with Crippen molar-refractivity contribution in [1.82, 2.24) is 14.8 Å². The van der Waals surface area contributed by atoms with Crippen LogP contribution in [0, 0.1) is 6.92 Å². The van der Waals surface area contributed by atoms with Crippen LogP contribution in [0.3, 0.4) is 0 Å². The maximum absolute atomic E-state index is 5.68. The number of alkyl halides is 1. The lowest BCUT2D eigenvalue weighted by Gasteiger charge is -1.99. The molecule has 2 aromatic heterocycles. The molecule has 0 atom stereocenters. The Hall–Kier alpha value is -0.870. The Morgan fingerprint density at radius 3 is 3.00 bits per heavy atom. The fourth-order valence-corrected chi connectivity index (χ4v) is 2.18. The Morgan fingerprint density at radius 1 is 1.57 bits per heavy atom. The molecule has 0 unspecified atom stereocenters. The molecular weight excluding hydrogens is 218 g/mol. The van der Waals surface area contributed by atoms with E-state index >= 15 is 0 Å². The summed E-state index contributed by atoms with van der Waals surface area (Å²) in [5.41, 5.74) is 2.09. The van der Waals surface area contributed by atoms with Gasteiger partial charge in [-0.2, -0.15) is 5.10 Å². The summed E-state index contributed by atoms with van der Waals surface area (Å²) in [4.78, 5) is 4.37. The van der Waals surface area contributed by atoms with Crippen molar-refractivity contribution in [3.8, 4) is 0 Å². The number of hydrogen-bond acceptors (Lipinski definition) is 3. The molecule has 0 saturated carbocycles. The molecule has 0 aliphatic heterocycles. The summed E-state index contributed by atoms with van der Waals surface area (Å²) in [6.07, 6.45) is 1.80. The molecular formula is C9H10ClN3S. The Kier molecular flexibility index (Phi) is 2.84. The first kappa shape index (κ1) is 9.68. The van der Waals surface area contributed by atoms with Gasteiger partial charge in [0.1, 0.15) is 5.01 Å². The van der Waals surface area contributed by atoms with E-state index in [-0.39, 0.29) is 0 Å². The molecule has 74 valence electrons. The minimum Gasteiger partial charge on any atom is -0.263 e. The van der Waals surface area contributed by atoms with Gasteiger partial charge in [0.15, 0.2) is 0 Å². The second-order valence-electron chi connectivity index (χ2n) is 3.00. The quantitative estimate of drug-likeness (QED) is 0.755. The van der Waals surface area contributed by atoms with E-state index in [1.165, 1.54) is 0 Å². The molecule has 3 nitrogen and oxygen atoms in total. The maximum atomic E-state index is 5.68. The summed E-state index contributed by atoms with van der Waals surface area (Å²) in [5, 5.41) is 7.23. The lowest BCUT2D eigenvalue weighted by atomic mass is 10.5. The van der Waals surface area contributed by atoms with Gasteiger partial charge in [-0.1, -0.05) is 0 Å². The van der Waals surface area contributed by atoms with Gasteiger partial charge in [0, 0.05) is 17.3 Å². The van der Waals surface area contributed by atoms with Gasteiger partial charge in [0.05, 0.1) is 18.1 Å². The van der Waals surface area contributed by atoms with E-state index in [1.807, 2.05) is 23.1 Å². The highest BCUT2D eigenvalue weighted by atomic mass is 35.5. The molecule has 0 amide bonds. The van der Waals surface area contributed by atoms with E-state index in [0.717, 1.165) is 22.9 Å². The van der Waals surface area contributed by atoms with Gasteiger partial charge >= 0.3 is 0 Å². The maximum Gasteiger partial charge on any atom is 0.114 e. The topological polar surface area (TPSA) is 30.7 Å². The van der Waals surface area contributed by atoms with Crippen LogP contribution in [0.5, 0.6) is 0 Å². The molecule has 0 N–H and O–H groups in total. The van der Waals surface area contributed by atoms with Crippen LogP contribution in [0.15, 0.2) is 17.6 Å². The Labute approximate surface area is 91.4 Å². The van der Waals surface area contributed by atoms with Crippen molar-refractivity contribution in [2.24, 2.45) is 0 Å². The van der Waals surface area contributed by atoms with Gasteiger partial charge in [-0.3, -0.25) is 4.68 Å². The second-order valence-corrected chi connectivity index (χ2v) is 4.21. The Morgan fingerprint density at radius 2 is 2.43 bits per heavy atom. The zero-order chi connectivity index (χ0) is 9.97. The van der Waals surface area contributed by atoms with E-state index in [1.54, 1.807) is 17.5 Å². The monoisotopic (exact) mass is 227 g/mol. The van der Waals surface area contributed by atoms with Gasteiger partial charge in [-0.15, -0.1) is 22.9 Å². The molecule has 0 bridgehead atoms. The van der Waals surface area contributed by atoms with Crippen LogP contribution >= 0.6 is 22.9 Å². The van der Waals surface area contributed by atoms with Crippen LogP contribution in [-0.2, 0) is 12.4 Å². The molecule has 14 heavy (non-hydrogen) atoms. The third-order valence-corrected chi connectivity index (χ3v) is 3.11. The zero-order valence-electron chi connectivity index (χ0n) is 7.77. The summed E-state index contributed by atoms with van der Waals surface area (Å²) < 4.78 is 1.93. The summed E-state index contributed by atoms with van der Waals surface area (Å²) in [6, 6.07) is 1.98. The fourth-order valence-electron chi connectivity index (χ4n) is 1.18. The largest absolute Gasteiger partial charge is 0.263 e. The third kappa shape index (κ3) is 1.96. The predicted octanol–water partition coefficient (Wildman–Crippen LogP) is 2.44. The van der Waals surface area contributed by atoms with Crippen molar-refractivity contribution < 1.29 is 0 Å². The number of aromatic nitrogens is 3. The summed E-state index contributed by atoms with van der Waals surface area (Å²) >= 11 is 7.30. The lowest BCUT2D eigenvalue weighted by Crippen LogP contribution is -2.03. The van der Waals surface area contributed by atoms with Crippen LogP contribution in [0.4, 0.5) is 0 Å². The standard InChI is InChI=1S/C9H10ClN3S/c1-7-2-3-11-13(7)5-9-12-8(4-10)6-14-9/h2-3,6H,4-5H2,1H3. The van der Waals surface area contributed by atoms with Gasteiger partial charge in [-0.25, -0.2) is 4.98 Å². The van der Waals surface area contributed by atoms with Crippen molar-refractivity contribution in [1.29, 1.82) is 0 Å². The van der Waals surface area contributed by atoms with Gasteiger partial charge in [-0.05, 0) is 13.0 Å². The number of hydrogen-bond donors (Lipinski definition) is 0. The smallest absolute Gasteiger partial charge is 0.114 e. The average Bonchev–Trinajstić information content (AvgIpc) is 2.77. The van der Waals surface area contributed by atoms with Gasteiger partial charge in [0.25, 0.3) is 0 Å². The van der Waals surface area contributed by atoms with E-state index in [0.29, 0.717) is 5.88 Å². The molecule has 2 heterocycles. The SMILES string of the molecule is Cc1ccnn1Cc1nc(CCl)cs1. The molecule has 0 aliphatic carbocycles. The molecule has 5 heteroatoms. The van der Waals surface area contributed by atoms with E-state index in [9.17, 15) is 0 Å². The van der Waals surface area contributed by atoms with Crippen LogP contribution in [-0.4, -0.2) is 14.8 Å². The molecule has 2 rings (SSSR count). The fraction of sp³-hybridized carbons (Fsp3) is 0.333. The summed E-state index contributed by atoms with van der Waals surface area (Å²) in [5.74, 6) is 0.481. The Balaban J connectivity index is 2.15. The van der Waals surface area contributed by atoms with Crippen molar-refractivity contribution in [2.45, 2.75) is 19.3 Å². The number of halogens is 1. The first-order chi connectivity index (χ1) is 6.79. The molecule has 0 saturated heterocycles. The lowest BCUT2D eigenvalue weighted by molar-refractivity contribution is 0.661. The van der Waals surface area contributed by atoms with Crippen molar-refractivity contribution in [2.75, 3.05) is 0 Å². The molecule has 0 fully saturated rings. The van der Waals surface area contributed by atoms with Gasteiger partial charge in [0.2, 0.25) is 0 Å². The van der Waals surface area contributed by atoms with Crippen molar-refractivity contribution in [3.05, 3.63) is 34.0 Å². The third-order valence-electron chi connectivity index (χ3n) is 1.95. The highest BCUT2D eigenvalue weighted by molar-refractivity contribution is 7.09. The number of thiazole rings is 1. The number of nitrogens with zero attached hydrogens (tertiary/aromatic N) is 3. The van der Waals surface area contributed by atoms with Crippen LogP contribution in [0.1, 0.15) is 16.4 Å². The Bertz CT molecular complexity index is 421. The average molecular weight is 228 g/mol. The minimum absolute atomic E-state index is 0.481. The normalized spacial score (nSPS) is 10.7. The van der Waals surface area contributed by atoms with Crippen LogP contribution in [0.2, 0.25) is 0 Å². The highest BCUT2D eigenvalue weighted by Gasteiger charge is 2.03. The summed E-state index contributed by atoms with van der Waals surface area (Å²) in [6.45, 7) is 2.77. The van der Waals surface area contributed by atoms with Crippen LogP contribution < -0.4 is 0 Å². The second kappa shape index (κ2) is 4.11. The molecule has 0 spiro atoms. The number of rotatable bonds is 3. The van der Waals surface area contributed by atoms with Crippen molar-refractivity contribution in [3.63, 3.8) is 0 Å². The molecule has 0 aromatic carbocycles. The molecule has 2 aromatic rings. The zero-order valence-corrected chi connectivity index (χ0v) is 9.35. The first-order valence-electron chi connectivity index (χ1n) is 4.27.